The Morgan fingerprint density at radius 1 is 1.15 bits per heavy atom. The van der Waals surface area contributed by atoms with Crippen molar-refractivity contribution in [3.8, 4) is 0 Å². The van der Waals surface area contributed by atoms with E-state index in [1.807, 2.05) is 0 Å². The lowest BCUT2D eigenvalue weighted by Gasteiger charge is -2.16. The van der Waals surface area contributed by atoms with Crippen LogP contribution in [0.3, 0.4) is 0 Å². The molecule has 0 saturated carbocycles. The monoisotopic (exact) mass is 477 g/mol. The first-order valence-corrected chi connectivity index (χ1v) is 10.4. The maximum atomic E-state index is 13.2. The largest absolute Gasteiger partial charge is 0.416 e. The molecule has 0 radical (unpaired) electrons. The molecule has 33 heavy (non-hydrogen) atoms. The number of carbonyl (C=O) groups excluding carboxylic acids is 1. The van der Waals surface area contributed by atoms with Crippen molar-refractivity contribution in [1.82, 2.24) is 19.3 Å². The Hall–Kier alpha value is -3.40. The summed E-state index contributed by atoms with van der Waals surface area (Å²) in [6.45, 7) is 3.46. The molecule has 11 heteroatoms. The number of rotatable bonds is 4. The third-order valence-corrected chi connectivity index (χ3v) is 5.45. The van der Waals surface area contributed by atoms with Gasteiger partial charge < -0.3 is 4.57 Å². The number of nitrogens with zero attached hydrogens (tertiary/aromatic N) is 4. The number of benzene rings is 2. The van der Waals surface area contributed by atoms with Gasteiger partial charge in [0.05, 0.1) is 28.5 Å². The molecule has 0 saturated heterocycles. The second-order valence-electron chi connectivity index (χ2n) is 7.90. The number of anilines is 1. The van der Waals surface area contributed by atoms with Gasteiger partial charge in [0.2, 0.25) is 17.3 Å². The zero-order chi connectivity index (χ0) is 24.1. The van der Waals surface area contributed by atoms with E-state index in [9.17, 15) is 22.8 Å². The molecule has 2 heterocycles. The summed E-state index contributed by atoms with van der Waals surface area (Å²) in [5.41, 5.74) is -0.148. The summed E-state index contributed by atoms with van der Waals surface area (Å²) in [6.07, 6.45) is -4.92. The summed E-state index contributed by atoms with van der Waals surface area (Å²) >= 11 is 6.02. The van der Waals surface area contributed by atoms with E-state index in [-0.39, 0.29) is 35.0 Å². The first-order valence-electron chi connectivity index (χ1n) is 10.00. The van der Waals surface area contributed by atoms with Crippen LogP contribution in [0.15, 0.2) is 41.2 Å². The fraction of sp³-hybridized carbons (Fsp3) is 0.273. The minimum Gasteiger partial charge on any atom is -0.313 e. The van der Waals surface area contributed by atoms with E-state index in [2.05, 4.69) is 15.4 Å². The van der Waals surface area contributed by atoms with Gasteiger partial charge in [0, 0.05) is 23.5 Å². The smallest absolute Gasteiger partial charge is 0.313 e. The van der Waals surface area contributed by atoms with Crippen LogP contribution in [0.2, 0.25) is 5.02 Å². The highest BCUT2D eigenvalue weighted by Gasteiger charge is 2.31. The normalized spacial score (nSPS) is 12.1. The minimum atomic E-state index is -4.56. The molecule has 4 aromatic rings. The fourth-order valence-corrected chi connectivity index (χ4v) is 3.75. The number of imidazole rings is 1. The Kier molecular flexibility index (Phi) is 5.65. The molecule has 0 aliphatic rings. The first kappa shape index (κ1) is 22.8. The Morgan fingerprint density at radius 3 is 2.55 bits per heavy atom. The number of hydrogen-bond donors (Lipinski definition) is 1. The topological polar surface area (TPSA) is 81.8 Å². The SMILES string of the molecule is CC(C)n1nc(CC(=O)Nc2nc3ccc(Cl)cc3n2C)c(=O)c2ccc(C(F)(F)F)cc21. The van der Waals surface area contributed by atoms with Crippen LogP contribution in [0.4, 0.5) is 19.1 Å². The molecule has 0 atom stereocenters. The van der Waals surface area contributed by atoms with E-state index >= 15 is 0 Å². The Morgan fingerprint density at radius 2 is 1.88 bits per heavy atom. The number of nitrogens with one attached hydrogen (secondary N) is 1. The van der Waals surface area contributed by atoms with Gasteiger partial charge in [-0.15, -0.1) is 0 Å². The predicted octanol–water partition coefficient (Wildman–Crippen LogP) is 4.72. The lowest BCUT2D eigenvalue weighted by molar-refractivity contribution is -0.137. The van der Waals surface area contributed by atoms with Gasteiger partial charge in [-0.2, -0.15) is 18.3 Å². The fourth-order valence-electron chi connectivity index (χ4n) is 3.58. The maximum Gasteiger partial charge on any atom is 0.416 e. The molecule has 172 valence electrons. The van der Waals surface area contributed by atoms with Gasteiger partial charge in [-0.1, -0.05) is 11.6 Å². The standard InChI is InChI=1S/C22H19ClF3N5O2/c1-11(2)31-17-8-12(22(24,25)26)4-6-14(17)20(33)16(29-31)10-19(32)28-21-27-15-7-5-13(23)9-18(15)30(21)3/h4-9,11H,10H2,1-3H3,(H,27,28,32). The number of amides is 1. The van der Waals surface area contributed by atoms with E-state index in [0.29, 0.717) is 16.1 Å². The van der Waals surface area contributed by atoms with Crippen molar-refractivity contribution in [2.24, 2.45) is 7.05 Å². The van der Waals surface area contributed by atoms with E-state index in [1.165, 1.54) is 4.68 Å². The molecule has 4 rings (SSSR count). The molecule has 7 nitrogen and oxygen atoms in total. The molecule has 0 aliphatic carbocycles. The van der Waals surface area contributed by atoms with Crippen molar-refractivity contribution >= 4 is 45.4 Å². The molecular formula is C22H19ClF3N5O2. The average Bonchev–Trinajstić information content (AvgIpc) is 3.03. The van der Waals surface area contributed by atoms with Crippen LogP contribution in [-0.4, -0.2) is 25.2 Å². The van der Waals surface area contributed by atoms with Gasteiger partial charge in [0.25, 0.3) is 0 Å². The summed E-state index contributed by atoms with van der Waals surface area (Å²) in [7, 11) is 1.71. The third kappa shape index (κ3) is 4.30. The Labute approximate surface area is 190 Å². The van der Waals surface area contributed by atoms with Crippen LogP contribution in [0.25, 0.3) is 21.9 Å². The molecular weight excluding hydrogens is 459 g/mol. The van der Waals surface area contributed by atoms with Gasteiger partial charge in [0.1, 0.15) is 5.69 Å². The zero-order valence-electron chi connectivity index (χ0n) is 17.9. The van der Waals surface area contributed by atoms with Crippen LogP contribution in [-0.2, 0) is 24.4 Å². The van der Waals surface area contributed by atoms with Crippen LogP contribution in [0, 0.1) is 0 Å². The highest BCUT2D eigenvalue weighted by atomic mass is 35.5. The van der Waals surface area contributed by atoms with E-state index in [1.54, 1.807) is 43.7 Å². The summed E-state index contributed by atoms with van der Waals surface area (Å²) in [6, 6.07) is 7.64. The quantitative estimate of drug-likeness (QED) is 0.461. The molecule has 2 aromatic heterocycles. The Bertz CT molecular complexity index is 1460. The van der Waals surface area contributed by atoms with Crippen molar-refractivity contribution in [2.75, 3.05) is 5.32 Å². The lowest BCUT2D eigenvalue weighted by Crippen LogP contribution is -2.26. The molecule has 0 fully saturated rings. The van der Waals surface area contributed by atoms with Crippen LogP contribution in [0.1, 0.15) is 31.1 Å². The van der Waals surface area contributed by atoms with E-state index < -0.39 is 23.1 Å². The first-order chi connectivity index (χ1) is 15.5. The molecule has 0 bridgehead atoms. The summed E-state index contributed by atoms with van der Waals surface area (Å²) in [5, 5.41) is 7.45. The molecule has 0 spiro atoms. The molecule has 1 N–H and O–H groups in total. The summed E-state index contributed by atoms with van der Waals surface area (Å²) < 4.78 is 42.5. The number of aromatic nitrogens is 4. The highest BCUT2D eigenvalue weighted by Crippen LogP contribution is 2.31. The minimum absolute atomic E-state index is 0.0567. The van der Waals surface area contributed by atoms with Gasteiger partial charge in [-0.3, -0.25) is 19.6 Å². The third-order valence-electron chi connectivity index (χ3n) is 5.22. The predicted molar refractivity (Wildman–Crippen MR) is 119 cm³/mol. The number of alkyl halides is 3. The van der Waals surface area contributed by atoms with Crippen LogP contribution < -0.4 is 10.7 Å². The Balaban J connectivity index is 1.70. The number of aryl methyl sites for hydroxylation is 1. The van der Waals surface area contributed by atoms with Crippen molar-refractivity contribution in [1.29, 1.82) is 0 Å². The second-order valence-corrected chi connectivity index (χ2v) is 8.33. The van der Waals surface area contributed by atoms with E-state index in [4.69, 9.17) is 11.6 Å². The molecule has 1 amide bonds. The van der Waals surface area contributed by atoms with Crippen LogP contribution in [0.5, 0.6) is 0 Å². The second kappa shape index (κ2) is 8.18. The molecule has 0 unspecified atom stereocenters. The van der Waals surface area contributed by atoms with Gasteiger partial charge in [-0.25, -0.2) is 4.98 Å². The lowest BCUT2D eigenvalue weighted by atomic mass is 10.1. The summed E-state index contributed by atoms with van der Waals surface area (Å²) in [5.74, 6) is -0.275. The van der Waals surface area contributed by atoms with Crippen molar-refractivity contribution < 1.29 is 18.0 Å². The number of halogens is 4. The molecule has 2 aromatic carbocycles. The molecule has 0 aliphatic heterocycles. The maximum absolute atomic E-state index is 13.2. The van der Waals surface area contributed by atoms with Gasteiger partial charge in [0.15, 0.2) is 0 Å². The number of hydrogen-bond acceptors (Lipinski definition) is 4. The number of fused-ring (bicyclic) bond motifs is 2. The summed E-state index contributed by atoms with van der Waals surface area (Å²) in [4.78, 5) is 30.0. The van der Waals surface area contributed by atoms with Crippen LogP contribution >= 0.6 is 11.6 Å². The average molecular weight is 478 g/mol. The van der Waals surface area contributed by atoms with Crippen molar-refractivity contribution in [2.45, 2.75) is 32.5 Å². The van der Waals surface area contributed by atoms with Crippen molar-refractivity contribution in [3.63, 3.8) is 0 Å². The highest BCUT2D eigenvalue weighted by molar-refractivity contribution is 6.31. The van der Waals surface area contributed by atoms with Gasteiger partial charge in [-0.05, 0) is 50.2 Å². The van der Waals surface area contributed by atoms with Gasteiger partial charge >= 0.3 is 6.18 Å². The van der Waals surface area contributed by atoms with Crippen molar-refractivity contribution in [3.05, 3.63) is 62.9 Å². The van der Waals surface area contributed by atoms with E-state index in [0.717, 1.165) is 18.2 Å². The number of carbonyl (C=O) groups is 1. The zero-order valence-corrected chi connectivity index (χ0v) is 18.6.